The molecular formula is C14H17ClF5NO2. The Balaban J connectivity index is 0.00000264. The summed E-state index contributed by atoms with van der Waals surface area (Å²) in [5.74, 6) is -5.31. The van der Waals surface area contributed by atoms with Crippen molar-refractivity contribution in [1.82, 2.24) is 5.32 Å². The molecule has 1 aromatic carbocycles. The molecule has 132 valence electrons. The van der Waals surface area contributed by atoms with Crippen LogP contribution in [0.2, 0.25) is 0 Å². The normalized spacial score (nSPS) is 22.1. The Labute approximate surface area is 136 Å². The second-order valence-corrected chi connectivity index (χ2v) is 5.22. The summed E-state index contributed by atoms with van der Waals surface area (Å²) in [4.78, 5) is 0. The van der Waals surface area contributed by atoms with Gasteiger partial charge >= 0.3 is 12.1 Å². The Morgan fingerprint density at radius 3 is 2.22 bits per heavy atom. The molecular weight excluding hydrogens is 345 g/mol. The molecule has 0 saturated carbocycles. The number of rotatable bonds is 4. The second-order valence-electron chi connectivity index (χ2n) is 5.22. The van der Waals surface area contributed by atoms with Crippen LogP contribution in [-0.4, -0.2) is 48.6 Å². The molecule has 1 aromatic rings. The molecule has 2 N–H and O–H groups in total. The first-order valence-electron chi connectivity index (χ1n) is 6.71. The maximum Gasteiger partial charge on any atom is 0.456 e. The van der Waals surface area contributed by atoms with Gasteiger partial charge < -0.3 is 15.2 Å². The van der Waals surface area contributed by atoms with Crippen molar-refractivity contribution in [2.75, 3.05) is 19.7 Å². The lowest BCUT2D eigenvalue weighted by atomic mass is 9.82. The first-order chi connectivity index (χ1) is 10.2. The van der Waals surface area contributed by atoms with Gasteiger partial charge in [0, 0.05) is 19.5 Å². The summed E-state index contributed by atoms with van der Waals surface area (Å²) >= 11 is 0. The summed E-state index contributed by atoms with van der Waals surface area (Å²) < 4.78 is 71.3. The summed E-state index contributed by atoms with van der Waals surface area (Å²) in [6, 6.07) is 7.37. The highest BCUT2D eigenvalue weighted by molar-refractivity contribution is 5.85. The van der Waals surface area contributed by atoms with Crippen LogP contribution in [0.5, 0.6) is 0 Å². The predicted molar refractivity (Wildman–Crippen MR) is 76.0 cm³/mol. The van der Waals surface area contributed by atoms with Crippen LogP contribution in [0.15, 0.2) is 30.3 Å². The summed E-state index contributed by atoms with van der Waals surface area (Å²) in [6.07, 6.45) is -8.41. The molecule has 0 bridgehead atoms. The number of alkyl halides is 5. The minimum atomic E-state index is -5.88. The number of benzene rings is 1. The Hall–Kier alpha value is -0.960. The average molecular weight is 362 g/mol. The number of halogens is 6. The number of nitrogens with one attached hydrogen (secondary N) is 1. The van der Waals surface area contributed by atoms with Gasteiger partial charge in [-0.1, -0.05) is 30.3 Å². The van der Waals surface area contributed by atoms with Gasteiger partial charge in [0.15, 0.2) is 5.60 Å². The molecule has 1 aliphatic heterocycles. The van der Waals surface area contributed by atoms with Crippen LogP contribution in [0.1, 0.15) is 5.56 Å². The zero-order chi connectivity index (χ0) is 16.4. The molecule has 9 heteroatoms. The maximum atomic E-state index is 14.0. The van der Waals surface area contributed by atoms with E-state index >= 15 is 0 Å². The summed E-state index contributed by atoms with van der Waals surface area (Å²) in [5.41, 5.74) is -3.22. The van der Waals surface area contributed by atoms with Gasteiger partial charge in [-0.05, 0) is 5.56 Å². The third-order valence-corrected chi connectivity index (χ3v) is 3.68. The van der Waals surface area contributed by atoms with Crippen molar-refractivity contribution < 1.29 is 31.8 Å². The van der Waals surface area contributed by atoms with Crippen LogP contribution in [0.25, 0.3) is 0 Å². The highest BCUT2D eigenvalue weighted by atomic mass is 35.5. The highest BCUT2D eigenvalue weighted by Gasteiger charge is 2.72. The fourth-order valence-corrected chi connectivity index (χ4v) is 2.45. The van der Waals surface area contributed by atoms with Crippen molar-refractivity contribution in [2.45, 2.75) is 30.2 Å². The zero-order valence-electron chi connectivity index (χ0n) is 11.9. The molecule has 0 radical (unpaired) electrons. The van der Waals surface area contributed by atoms with E-state index in [0.29, 0.717) is 6.54 Å². The number of aliphatic hydroxyl groups is 1. The summed E-state index contributed by atoms with van der Waals surface area (Å²) in [5, 5.41) is 13.0. The van der Waals surface area contributed by atoms with E-state index in [4.69, 9.17) is 4.74 Å². The molecule has 0 amide bonds. The minimum absolute atomic E-state index is 0. The predicted octanol–water partition coefficient (Wildman–Crippen LogP) is 2.57. The topological polar surface area (TPSA) is 41.5 Å². The van der Waals surface area contributed by atoms with Crippen LogP contribution in [0, 0.1) is 0 Å². The number of hydrogen-bond donors (Lipinski definition) is 2. The van der Waals surface area contributed by atoms with Gasteiger partial charge in [0.1, 0.15) is 6.10 Å². The molecule has 3 nitrogen and oxygen atoms in total. The lowest BCUT2D eigenvalue weighted by Crippen LogP contribution is -2.67. The zero-order valence-corrected chi connectivity index (χ0v) is 12.8. The Morgan fingerprint density at radius 2 is 1.74 bits per heavy atom. The molecule has 0 aromatic heterocycles. The van der Waals surface area contributed by atoms with E-state index in [1.807, 2.05) is 0 Å². The van der Waals surface area contributed by atoms with E-state index in [1.54, 1.807) is 6.07 Å². The van der Waals surface area contributed by atoms with Crippen LogP contribution >= 0.6 is 12.4 Å². The third kappa shape index (κ3) is 3.93. The second kappa shape index (κ2) is 7.29. The molecule has 1 heterocycles. The van der Waals surface area contributed by atoms with Crippen LogP contribution in [0.3, 0.4) is 0 Å². The number of morpholine rings is 1. The van der Waals surface area contributed by atoms with Gasteiger partial charge in [-0.25, -0.2) is 0 Å². The standard InChI is InChI=1S/C14H16F5NO2.ClH/c15-13(16,14(17,18)19)12(21,11-9-20-6-7-22-11)8-10-4-2-1-3-5-10;/h1-5,11,20-21H,6-9H2;1H/t11-,12+;/m0./s1. The molecule has 0 unspecified atom stereocenters. The van der Waals surface area contributed by atoms with Crippen LogP contribution in [0.4, 0.5) is 22.0 Å². The highest BCUT2D eigenvalue weighted by Crippen LogP contribution is 2.47. The lowest BCUT2D eigenvalue weighted by molar-refractivity contribution is -0.359. The smallest absolute Gasteiger partial charge is 0.380 e. The average Bonchev–Trinajstić information content (AvgIpc) is 2.48. The van der Waals surface area contributed by atoms with Gasteiger partial charge in [-0.15, -0.1) is 12.4 Å². The van der Waals surface area contributed by atoms with Crippen LogP contribution in [-0.2, 0) is 11.2 Å². The van der Waals surface area contributed by atoms with E-state index in [2.05, 4.69) is 5.32 Å². The third-order valence-electron chi connectivity index (χ3n) is 3.68. The maximum absolute atomic E-state index is 14.0. The molecule has 0 spiro atoms. The van der Waals surface area contributed by atoms with E-state index in [9.17, 15) is 27.1 Å². The first-order valence-corrected chi connectivity index (χ1v) is 6.71. The molecule has 2 atom stereocenters. The molecule has 1 aliphatic rings. The van der Waals surface area contributed by atoms with Crippen molar-refractivity contribution in [2.24, 2.45) is 0 Å². The molecule has 23 heavy (non-hydrogen) atoms. The molecule has 2 rings (SSSR count). The fourth-order valence-electron chi connectivity index (χ4n) is 2.45. The van der Waals surface area contributed by atoms with Gasteiger partial charge in [-0.2, -0.15) is 22.0 Å². The van der Waals surface area contributed by atoms with Gasteiger partial charge in [-0.3, -0.25) is 0 Å². The van der Waals surface area contributed by atoms with Crippen molar-refractivity contribution in [3.8, 4) is 0 Å². The fraction of sp³-hybridized carbons (Fsp3) is 0.571. The molecule has 0 aliphatic carbocycles. The lowest BCUT2D eigenvalue weighted by Gasteiger charge is -2.43. The SMILES string of the molecule is Cl.O[C@](Cc1ccccc1)([C@@H]1CNCCO1)C(F)(F)C(F)(F)F. The van der Waals surface area contributed by atoms with E-state index < -0.39 is 30.2 Å². The van der Waals surface area contributed by atoms with Crippen molar-refractivity contribution in [3.05, 3.63) is 35.9 Å². The summed E-state index contributed by atoms with van der Waals surface area (Å²) in [6.45, 7) is 0.000212. The van der Waals surface area contributed by atoms with Crippen LogP contribution < -0.4 is 5.32 Å². The largest absolute Gasteiger partial charge is 0.456 e. The Kier molecular flexibility index (Phi) is 6.37. The van der Waals surface area contributed by atoms with Gasteiger partial charge in [0.2, 0.25) is 0 Å². The van der Waals surface area contributed by atoms with E-state index in [0.717, 1.165) is 0 Å². The quantitative estimate of drug-likeness (QED) is 0.810. The van der Waals surface area contributed by atoms with Gasteiger partial charge in [0.05, 0.1) is 6.61 Å². The van der Waals surface area contributed by atoms with E-state index in [1.165, 1.54) is 24.3 Å². The molecule has 1 saturated heterocycles. The molecule has 1 fully saturated rings. The first kappa shape index (κ1) is 20.1. The number of ether oxygens (including phenoxy) is 1. The van der Waals surface area contributed by atoms with Crippen molar-refractivity contribution in [1.29, 1.82) is 0 Å². The Bertz CT molecular complexity index is 494. The van der Waals surface area contributed by atoms with Crippen molar-refractivity contribution >= 4 is 12.4 Å². The Morgan fingerprint density at radius 1 is 1.13 bits per heavy atom. The van der Waals surface area contributed by atoms with E-state index in [-0.39, 0.29) is 31.1 Å². The minimum Gasteiger partial charge on any atom is -0.380 e. The van der Waals surface area contributed by atoms with Gasteiger partial charge in [0.25, 0.3) is 0 Å². The van der Waals surface area contributed by atoms with Crippen molar-refractivity contribution in [3.63, 3.8) is 0 Å². The monoisotopic (exact) mass is 361 g/mol. The summed E-state index contributed by atoms with van der Waals surface area (Å²) in [7, 11) is 0. The number of hydrogen-bond acceptors (Lipinski definition) is 3.